The standard InChI is InChI=1S/C17H21N3O2/c1-19(9-13-5-6-16-18-7-8-20(16)10-13)11-14-3-2-4-15-17(14)22-12-21-15/h2-4,7-8,13H,5-6,9-12H2,1H3. The van der Waals surface area contributed by atoms with Crippen molar-refractivity contribution in [1.82, 2.24) is 14.5 Å². The van der Waals surface area contributed by atoms with Gasteiger partial charge in [0, 0.05) is 44.0 Å². The highest BCUT2D eigenvalue weighted by atomic mass is 16.7. The smallest absolute Gasteiger partial charge is 0.231 e. The van der Waals surface area contributed by atoms with E-state index in [1.807, 2.05) is 18.3 Å². The molecule has 0 fully saturated rings. The highest BCUT2D eigenvalue weighted by Gasteiger charge is 2.22. The number of para-hydroxylation sites is 1. The Balaban J connectivity index is 1.39. The Morgan fingerprint density at radius 1 is 1.36 bits per heavy atom. The third-order valence-electron chi connectivity index (χ3n) is 4.52. The summed E-state index contributed by atoms with van der Waals surface area (Å²) in [6.45, 7) is 3.39. The Morgan fingerprint density at radius 3 is 3.27 bits per heavy atom. The molecule has 3 heterocycles. The van der Waals surface area contributed by atoms with Gasteiger partial charge in [0.05, 0.1) is 0 Å². The largest absolute Gasteiger partial charge is 0.454 e. The van der Waals surface area contributed by atoms with E-state index in [-0.39, 0.29) is 0 Å². The molecular formula is C17H21N3O2. The van der Waals surface area contributed by atoms with Gasteiger partial charge in [-0.25, -0.2) is 4.98 Å². The summed E-state index contributed by atoms with van der Waals surface area (Å²) in [4.78, 5) is 6.78. The van der Waals surface area contributed by atoms with Crippen LogP contribution < -0.4 is 9.47 Å². The SMILES string of the molecule is CN(Cc1cccc2c1OCO2)CC1CCc2nccn2C1. The maximum absolute atomic E-state index is 5.60. The quantitative estimate of drug-likeness (QED) is 0.868. The zero-order valence-corrected chi connectivity index (χ0v) is 12.9. The zero-order valence-electron chi connectivity index (χ0n) is 12.9. The van der Waals surface area contributed by atoms with Crippen LogP contribution in [0.4, 0.5) is 0 Å². The van der Waals surface area contributed by atoms with Crippen molar-refractivity contribution >= 4 is 0 Å². The second kappa shape index (κ2) is 5.65. The number of nitrogens with zero attached hydrogens (tertiary/aromatic N) is 3. The van der Waals surface area contributed by atoms with E-state index in [0.29, 0.717) is 12.7 Å². The number of fused-ring (bicyclic) bond motifs is 2. The van der Waals surface area contributed by atoms with Gasteiger partial charge >= 0.3 is 0 Å². The van der Waals surface area contributed by atoms with E-state index in [1.165, 1.54) is 17.8 Å². The predicted molar refractivity (Wildman–Crippen MR) is 82.9 cm³/mol. The fourth-order valence-electron chi connectivity index (χ4n) is 3.50. The number of aromatic nitrogens is 2. The number of ether oxygens (including phenoxy) is 2. The van der Waals surface area contributed by atoms with Crippen LogP contribution in [0.3, 0.4) is 0 Å². The van der Waals surface area contributed by atoms with Crippen molar-refractivity contribution in [2.45, 2.75) is 25.9 Å². The van der Waals surface area contributed by atoms with Crippen LogP contribution >= 0.6 is 0 Å². The van der Waals surface area contributed by atoms with E-state index in [4.69, 9.17) is 9.47 Å². The van der Waals surface area contributed by atoms with Gasteiger partial charge in [-0.05, 0) is 25.5 Å². The van der Waals surface area contributed by atoms with E-state index in [9.17, 15) is 0 Å². The Kier molecular flexibility index (Phi) is 3.50. The molecule has 2 aromatic rings. The molecule has 1 aromatic carbocycles. The summed E-state index contributed by atoms with van der Waals surface area (Å²) in [6.07, 6.45) is 6.31. The Labute approximate surface area is 130 Å². The highest BCUT2D eigenvalue weighted by molar-refractivity contribution is 5.48. The summed E-state index contributed by atoms with van der Waals surface area (Å²) < 4.78 is 13.3. The fraction of sp³-hybridized carbons (Fsp3) is 0.471. The lowest BCUT2D eigenvalue weighted by molar-refractivity contribution is 0.171. The fourth-order valence-corrected chi connectivity index (χ4v) is 3.50. The zero-order chi connectivity index (χ0) is 14.9. The molecule has 2 aliphatic rings. The molecule has 0 amide bonds. The first-order chi connectivity index (χ1) is 10.8. The minimum atomic E-state index is 0.335. The number of aryl methyl sites for hydroxylation is 1. The van der Waals surface area contributed by atoms with Crippen LogP contribution in [0.15, 0.2) is 30.6 Å². The molecule has 0 saturated heterocycles. The van der Waals surface area contributed by atoms with Crippen molar-refractivity contribution in [2.24, 2.45) is 5.92 Å². The highest BCUT2D eigenvalue weighted by Crippen LogP contribution is 2.35. The molecule has 5 heteroatoms. The van der Waals surface area contributed by atoms with Crippen LogP contribution in [-0.4, -0.2) is 34.8 Å². The summed E-state index contributed by atoms with van der Waals surface area (Å²) in [7, 11) is 2.18. The van der Waals surface area contributed by atoms with E-state index >= 15 is 0 Å². The second-order valence-corrected chi connectivity index (χ2v) is 6.25. The van der Waals surface area contributed by atoms with Crippen molar-refractivity contribution in [1.29, 1.82) is 0 Å². The number of imidazole rings is 1. The first kappa shape index (κ1) is 13.6. The van der Waals surface area contributed by atoms with Crippen molar-refractivity contribution < 1.29 is 9.47 Å². The lowest BCUT2D eigenvalue weighted by Gasteiger charge is -2.28. The van der Waals surface area contributed by atoms with Crippen LogP contribution in [0.1, 0.15) is 17.8 Å². The Morgan fingerprint density at radius 2 is 2.32 bits per heavy atom. The van der Waals surface area contributed by atoms with Crippen LogP contribution in [0.2, 0.25) is 0 Å². The molecule has 2 aliphatic heterocycles. The summed E-state index contributed by atoms with van der Waals surface area (Å²) in [6, 6.07) is 6.13. The van der Waals surface area contributed by atoms with Crippen LogP contribution in [0, 0.1) is 5.92 Å². The van der Waals surface area contributed by atoms with E-state index < -0.39 is 0 Å². The maximum Gasteiger partial charge on any atom is 0.231 e. The van der Waals surface area contributed by atoms with Crippen molar-refractivity contribution in [3.63, 3.8) is 0 Å². The molecule has 116 valence electrons. The number of rotatable bonds is 4. The van der Waals surface area contributed by atoms with Gasteiger partial charge < -0.3 is 18.9 Å². The van der Waals surface area contributed by atoms with Gasteiger partial charge in [0.1, 0.15) is 5.82 Å². The third-order valence-corrected chi connectivity index (χ3v) is 4.52. The molecule has 1 unspecified atom stereocenters. The average Bonchev–Trinajstić information content (AvgIpc) is 3.15. The predicted octanol–water partition coefficient (Wildman–Crippen LogP) is 2.31. The van der Waals surface area contributed by atoms with Crippen molar-refractivity contribution in [2.75, 3.05) is 20.4 Å². The first-order valence-corrected chi connectivity index (χ1v) is 7.85. The molecule has 0 radical (unpaired) electrons. The lowest BCUT2D eigenvalue weighted by atomic mass is 9.98. The summed E-state index contributed by atoms with van der Waals surface area (Å²) in [5.74, 6) is 3.69. The molecule has 1 atom stereocenters. The molecule has 0 N–H and O–H groups in total. The number of benzene rings is 1. The van der Waals surface area contributed by atoms with Crippen LogP contribution in [0.25, 0.3) is 0 Å². The van der Waals surface area contributed by atoms with Gasteiger partial charge in [0.25, 0.3) is 0 Å². The van der Waals surface area contributed by atoms with Crippen molar-refractivity contribution in [3.05, 3.63) is 42.0 Å². The molecule has 5 nitrogen and oxygen atoms in total. The topological polar surface area (TPSA) is 39.5 Å². The Hall–Kier alpha value is -2.01. The van der Waals surface area contributed by atoms with E-state index in [0.717, 1.165) is 37.6 Å². The van der Waals surface area contributed by atoms with Crippen LogP contribution in [-0.2, 0) is 19.5 Å². The molecule has 0 bridgehead atoms. The van der Waals surface area contributed by atoms with Crippen LogP contribution in [0.5, 0.6) is 11.5 Å². The van der Waals surface area contributed by atoms with Crippen molar-refractivity contribution in [3.8, 4) is 11.5 Å². The summed E-state index contributed by atoms with van der Waals surface area (Å²) in [5, 5.41) is 0. The minimum absolute atomic E-state index is 0.335. The molecule has 1 aromatic heterocycles. The average molecular weight is 299 g/mol. The number of hydrogen-bond donors (Lipinski definition) is 0. The Bertz CT molecular complexity index is 668. The second-order valence-electron chi connectivity index (χ2n) is 6.25. The third kappa shape index (κ3) is 2.57. The molecule has 0 aliphatic carbocycles. The van der Waals surface area contributed by atoms with Gasteiger partial charge in [0.15, 0.2) is 11.5 Å². The first-order valence-electron chi connectivity index (χ1n) is 7.85. The monoisotopic (exact) mass is 299 g/mol. The van der Waals surface area contributed by atoms with Gasteiger partial charge in [-0.1, -0.05) is 12.1 Å². The molecular weight excluding hydrogens is 278 g/mol. The van der Waals surface area contributed by atoms with Gasteiger partial charge in [-0.3, -0.25) is 0 Å². The molecule has 4 rings (SSSR count). The lowest BCUT2D eigenvalue weighted by Crippen LogP contribution is -2.31. The van der Waals surface area contributed by atoms with E-state index in [2.05, 4.69) is 33.8 Å². The van der Waals surface area contributed by atoms with E-state index in [1.54, 1.807) is 0 Å². The number of hydrogen-bond acceptors (Lipinski definition) is 4. The van der Waals surface area contributed by atoms with Gasteiger partial charge in [0.2, 0.25) is 6.79 Å². The minimum Gasteiger partial charge on any atom is -0.454 e. The molecule has 0 saturated carbocycles. The van der Waals surface area contributed by atoms with Gasteiger partial charge in [-0.15, -0.1) is 0 Å². The summed E-state index contributed by atoms with van der Waals surface area (Å²) >= 11 is 0. The maximum atomic E-state index is 5.60. The van der Waals surface area contributed by atoms with Gasteiger partial charge in [-0.2, -0.15) is 0 Å². The molecule has 22 heavy (non-hydrogen) atoms. The summed E-state index contributed by atoms with van der Waals surface area (Å²) in [5.41, 5.74) is 1.21. The molecule has 0 spiro atoms. The normalized spacial score (nSPS) is 19.5.